The average molecular weight is 404 g/mol. The third kappa shape index (κ3) is 3.47. The van der Waals surface area contributed by atoms with Crippen molar-refractivity contribution in [2.45, 2.75) is 13.8 Å². The number of carbonyl (C=O) groups excluding carboxylic acids is 6. The molecule has 3 rings (SSSR count). The maximum Gasteiger partial charge on any atom is 0.285 e. The van der Waals surface area contributed by atoms with Gasteiger partial charge in [-0.05, 0) is 13.8 Å². The van der Waals surface area contributed by atoms with Crippen LogP contribution in [-0.4, -0.2) is 72.7 Å². The second-order valence-corrected chi connectivity index (χ2v) is 6.35. The third-order valence-electron chi connectivity index (χ3n) is 4.48. The lowest BCUT2D eigenvalue weighted by Crippen LogP contribution is -2.84. The smallest absolute Gasteiger partial charge is 0.285 e. The molecular formula is C19H20N2O8. The highest BCUT2D eigenvalue weighted by Gasteiger charge is 2.80. The molecular weight excluding hydrogens is 384 g/mol. The maximum atomic E-state index is 11.7. The van der Waals surface area contributed by atoms with Crippen LogP contribution in [0.4, 0.5) is 0 Å². The number of nitrogens with zero attached hydrogens (tertiary/aromatic N) is 2. The van der Waals surface area contributed by atoms with Crippen LogP contribution < -0.4 is 0 Å². The number of amides is 4. The number of carbonyl (C=O) groups is 6. The first kappa shape index (κ1) is 22.1. The molecule has 10 nitrogen and oxygen atoms in total. The Labute approximate surface area is 166 Å². The summed E-state index contributed by atoms with van der Waals surface area (Å²) in [5.41, 5.74) is -0.864. The van der Waals surface area contributed by atoms with Gasteiger partial charge >= 0.3 is 0 Å². The molecule has 0 aliphatic carbocycles. The minimum absolute atomic E-state index is 0.0186. The van der Waals surface area contributed by atoms with Crippen LogP contribution in [0.5, 0.6) is 0 Å². The van der Waals surface area contributed by atoms with Crippen molar-refractivity contribution in [3.63, 3.8) is 0 Å². The van der Waals surface area contributed by atoms with E-state index in [4.69, 9.17) is 0 Å². The first-order valence-corrected chi connectivity index (χ1v) is 8.47. The molecule has 0 radical (unpaired) electrons. The van der Waals surface area contributed by atoms with Gasteiger partial charge in [-0.15, -0.1) is 0 Å². The summed E-state index contributed by atoms with van der Waals surface area (Å²) in [6, 6.07) is 6.66. The lowest BCUT2D eigenvalue weighted by atomic mass is 9.69. The highest BCUT2D eigenvalue weighted by Crippen LogP contribution is 2.44. The molecule has 2 aliphatic rings. The standard InChI is InChI=1S/C10H10O2.C9H10N2O6/c1-7(11)9-3-5-10(6-4-9)8(2)12;1-16-3-10-5(12)9(6(10)13)7(14)11(4-17-2)8(9)15/h3-6H,1-2H3;3-4H2,1-2H3. The molecule has 2 saturated heterocycles. The van der Waals surface area contributed by atoms with E-state index in [0.717, 1.165) is 9.80 Å². The van der Waals surface area contributed by atoms with Crippen molar-refractivity contribution in [1.82, 2.24) is 9.80 Å². The SMILES string of the molecule is CC(=O)c1ccc(C(C)=O)cc1.COCN1C(=O)C2(C1=O)C(=O)N(COC)C2=O. The molecule has 1 aromatic rings. The molecule has 2 aliphatic heterocycles. The van der Waals surface area contributed by atoms with Gasteiger partial charge in [-0.3, -0.25) is 38.6 Å². The first-order chi connectivity index (χ1) is 13.6. The molecule has 0 N–H and O–H groups in total. The summed E-state index contributed by atoms with van der Waals surface area (Å²) in [5, 5.41) is 0. The van der Waals surface area contributed by atoms with Gasteiger partial charge in [0.15, 0.2) is 11.6 Å². The van der Waals surface area contributed by atoms with Crippen molar-refractivity contribution >= 4 is 35.2 Å². The number of ether oxygens (including phenoxy) is 2. The van der Waals surface area contributed by atoms with Gasteiger partial charge in [-0.1, -0.05) is 24.3 Å². The fourth-order valence-corrected chi connectivity index (χ4v) is 2.87. The molecule has 0 aromatic heterocycles. The molecule has 1 aromatic carbocycles. The summed E-state index contributed by atoms with van der Waals surface area (Å²) in [6.07, 6.45) is 0. The Bertz CT molecular complexity index is 781. The molecule has 2 heterocycles. The van der Waals surface area contributed by atoms with Gasteiger partial charge in [0, 0.05) is 25.3 Å². The van der Waals surface area contributed by atoms with E-state index in [2.05, 4.69) is 9.47 Å². The number of rotatable bonds is 6. The molecule has 0 atom stereocenters. The highest BCUT2D eigenvalue weighted by molar-refractivity contribution is 6.52. The normalized spacial score (nSPS) is 16.8. The Kier molecular flexibility index (Phi) is 6.40. The number of hydrogen-bond acceptors (Lipinski definition) is 8. The van der Waals surface area contributed by atoms with Gasteiger partial charge in [0.05, 0.1) is 0 Å². The van der Waals surface area contributed by atoms with E-state index >= 15 is 0 Å². The number of β-lactam (4-membered cyclic amide) rings is 4. The first-order valence-electron chi connectivity index (χ1n) is 8.47. The fraction of sp³-hybridized carbons (Fsp3) is 0.368. The molecule has 154 valence electrons. The monoisotopic (exact) mass is 404 g/mol. The zero-order valence-corrected chi connectivity index (χ0v) is 16.4. The van der Waals surface area contributed by atoms with Crippen LogP contribution in [0.2, 0.25) is 0 Å². The molecule has 0 bridgehead atoms. The van der Waals surface area contributed by atoms with E-state index in [0.29, 0.717) is 11.1 Å². The van der Waals surface area contributed by atoms with Gasteiger partial charge < -0.3 is 9.47 Å². The minimum atomic E-state index is -2.14. The van der Waals surface area contributed by atoms with E-state index in [9.17, 15) is 28.8 Å². The Morgan fingerprint density at radius 3 is 1.21 bits per heavy atom. The minimum Gasteiger partial charge on any atom is -0.364 e. The van der Waals surface area contributed by atoms with Gasteiger partial charge in [0.1, 0.15) is 13.5 Å². The maximum absolute atomic E-state index is 11.7. The van der Waals surface area contributed by atoms with Crippen molar-refractivity contribution in [2.24, 2.45) is 5.41 Å². The van der Waals surface area contributed by atoms with Crippen LogP contribution in [0.25, 0.3) is 0 Å². The zero-order valence-electron chi connectivity index (χ0n) is 16.4. The summed E-state index contributed by atoms with van der Waals surface area (Å²) < 4.78 is 9.23. The van der Waals surface area contributed by atoms with Gasteiger partial charge in [0.2, 0.25) is 0 Å². The fourth-order valence-electron chi connectivity index (χ4n) is 2.87. The van der Waals surface area contributed by atoms with Crippen molar-refractivity contribution in [3.05, 3.63) is 35.4 Å². The van der Waals surface area contributed by atoms with Crippen molar-refractivity contribution in [3.8, 4) is 0 Å². The van der Waals surface area contributed by atoms with Crippen molar-refractivity contribution < 1.29 is 38.2 Å². The van der Waals surface area contributed by atoms with Crippen LogP contribution in [0.1, 0.15) is 34.6 Å². The Hall–Kier alpha value is -3.24. The molecule has 29 heavy (non-hydrogen) atoms. The molecule has 4 amide bonds. The Balaban J connectivity index is 0.000000221. The quantitative estimate of drug-likeness (QED) is 0.369. The number of methoxy groups -OCH3 is 2. The van der Waals surface area contributed by atoms with Gasteiger partial charge in [-0.2, -0.15) is 0 Å². The summed E-state index contributed by atoms with van der Waals surface area (Å²) in [7, 11) is 2.60. The number of Topliss-reactive ketones (excluding diaryl/α,β-unsaturated/α-hetero) is 2. The molecule has 1 spiro atoms. The van der Waals surface area contributed by atoms with E-state index in [1.807, 2.05) is 0 Å². The van der Waals surface area contributed by atoms with Crippen LogP contribution in [-0.2, 0) is 28.7 Å². The van der Waals surface area contributed by atoms with E-state index < -0.39 is 29.0 Å². The van der Waals surface area contributed by atoms with Crippen LogP contribution in [0.3, 0.4) is 0 Å². The number of imide groups is 2. The van der Waals surface area contributed by atoms with Crippen LogP contribution in [0.15, 0.2) is 24.3 Å². The van der Waals surface area contributed by atoms with E-state index in [1.165, 1.54) is 28.1 Å². The average Bonchev–Trinajstić information content (AvgIpc) is 2.71. The summed E-state index contributed by atoms with van der Waals surface area (Å²) in [5.74, 6) is -3.27. The van der Waals surface area contributed by atoms with Gasteiger partial charge in [0.25, 0.3) is 29.0 Å². The molecule has 10 heteroatoms. The zero-order chi connectivity index (χ0) is 21.9. The number of hydrogen-bond donors (Lipinski definition) is 0. The largest absolute Gasteiger partial charge is 0.364 e. The van der Waals surface area contributed by atoms with Gasteiger partial charge in [-0.25, -0.2) is 0 Å². The van der Waals surface area contributed by atoms with Crippen LogP contribution >= 0.6 is 0 Å². The second kappa shape index (κ2) is 8.41. The predicted octanol–water partition coefficient (Wildman–Crippen LogP) is 0.0100. The molecule has 0 saturated carbocycles. The summed E-state index contributed by atoms with van der Waals surface area (Å²) in [4.78, 5) is 69.7. The number of ketones is 2. The Morgan fingerprint density at radius 2 is 1.00 bits per heavy atom. The highest BCUT2D eigenvalue weighted by atomic mass is 16.5. The molecule has 2 fully saturated rings. The van der Waals surface area contributed by atoms with Crippen LogP contribution in [0, 0.1) is 5.41 Å². The Morgan fingerprint density at radius 1 is 0.724 bits per heavy atom. The second-order valence-electron chi connectivity index (χ2n) is 6.35. The van der Waals surface area contributed by atoms with E-state index in [1.54, 1.807) is 24.3 Å². The lowest BCUT2D eigenvalue weighted by Gasteiger charge is -2.51. The third-order valence-corrected chi connectivity index (χ3v) is 4.48. The summed E-state index contributed by atoms with van der Waals surface area (Å²) in [6.45, 7) is 2.49. The predicted molar refractivity (Wildman–Crippen MR) is 96.3 cm³/mol. The number of benzene rings is 1. The lowest BCUT2D eigenvalue weighted by molar-refractivity contribution is -0.206. The van der Waals surface area contributed by atoms with Crippen molar-refractivity contribution in [2.75, 3.05) is 27.7 Å². The van der Waals surface area contributed by atoms with Crippen molar-refractivity contribution in [1.29, 1.82) is 0 Å². The van der Waals surface area contributed by atoms with E-state index in [-0.39, 0.29) is 25.0 Å². The topological polar surface area (TPSA) is 127 Å². The molecule has 0 unspecified atom stereocenters. The summed E-state index contributed by atoms with van der Waals surface area (Å²) >= 11 is 0. The number of likely N-dealkylation sites (tertiary alicyclic amines) is 2.